The van der Waals surface area contributed by atoms with Gasteiger partial charge in [0.1, 0.15) is 11.5 Å². The molecule has 1 aliphatic carbocycles. The highest BCUT2D eigenvalue weighted by molar-refractivity contribution is 6.11. The van der Waals surface area contributed by atoms with Gasteiger partial charge in [-0.3, -0.25) is 4.79 Å². The molecule has 3 aromatic heterocycles. The number of aryl methyl sites for hydroxylation is 1. The standard InChI is InChI=1S/C28H24FN3O3/c1-13(2)22-24(16-5-3-7-19-23(16)17-6-4-8-21(33)25(17)31-19)27(28(34)35)32-26(22)18-11-14(29)12-20-15(18)9-10-30-20/h3,5,7,9-13,30-32H,4,6,8H2,1-2H3,(H,34,35). The van der Waals surface area contributed by atoms with Gasteiger partial charge in [-0.2, -0.15) is 0 Å². The van der Waals surface area contributed by atoms with Gasteiger partial charge in [-0.1, -0.05) is 26.0 Å². The van der Waals surface area contributed by atoms with E-state index in [1.54, 1.807) is 6.20 Å². The molecule has 35 heavy (non-hydrogen) atoms. The maximum absolute atomic E-state index is 14.6. The van der Waals surface area contributed by atoms with Crippen molar-refractivity contribution in [3.8, 4) is 22.4 Å². The number of Topliss-reactive ketones (excluding diaryl/α,β-unsaturated/α-hetero) is 1. The second kappa shape index (κ2) is 7.70. The van der Waals surface area contributed by atoms with Crippen molar-refractivity contribution in [2.75, 3.05) is 0 Å². The summed E-state index contributed by atoms with van der Waals surface area (Å²) in [5.41, 5.74) is 6.43. The Bertz CT molecular complexity index is 1670. The van der Waals surface area contributed by atoms with Crippen LogP contribution in [0.1, 0.15) is 64.7 Å². The van der Waals surface area contributed by atoms with Crippen molar-refractivity contribution in [3.05, 3.63) is 70.9 Å². The van der Waals surface area contributed by atoms with Crippen molar-refractivity contribution in [3.63, 3.8) is 0 Å². The maximum atomic E-state index is 14.6. The molecule has 3 heterocycles. The van der Waals surface area contributed by atoms with Crippen LogP contribution in [0.5, 0.6) is 0 Å². The minimum absolute atomic E-state index is 0.0567. The Morgan fingerprint density at radius 3 is 2.63 bits per heavy atom. The molecule has 0 saturated heterocycles. The van der Waals surface area contributed by atoms with Crippen LogP contribution in [0.4, 0.5) is 4.39 Å². The predicted molar refractivity (Wildman–Crippen MR) is 134 cm³/mol. The van der Waals surface area contributed by atoms with Crippen LogP contribution < -0.4 is 0 Å². The van der Waals surface area contributed by atoms with E-state index in [4.69, 9.17) is 0 Å². The van der Waals surface area contributed by atoms with Crippen LogP contribution in [0.15, 0.2) is 42.6 Å². The molecule has 0 unspecified atom stereocenters. The van der Waals surface area contributed by atoms with E-state index >= 15 is 0 Å². The summed E-state index contributed by atoms with van der Waals surface area (Å²) in [6.07, 6.45) is 3.77. The number of hydrogen-bond donors (Lipinski definition) is 4. The zero-order valence-corrected chi connectivity index (χ0v) is 19.4. The van der Waals surface area contributed by atoms with Gasteiger partial charge in [0.2, 0.25) is 0 Å². The predicted octanol–water partition coefficient (Wildman–Crippen LogP) is 6.79. The Labute approximate surface area is 200 Å². The van der Waals surface area contributed by atoms with E-state index in [9.17, 15) is 19.1 Å². The number of aromatic carboxylic acids is 1. The van der Waals surface area contributed by atoms with Gasteiger partial charge < -0.3 is 20.1 Å². The van der Waals surface area contributed by atoms with Gasteiger partial charge in [0.15, 0.2) is 5.78 Å². The van der Waals surface area contributed by atoms with Crippen LogP contribution in [-0.4, -0.2) is 31.8 Å². The van der Waals surface area contributed by atoms with Crippen molar-refractivity contribution >= 4 is 33.6 Å². The first kappa shape index (κ1) is 21.4. The van der Waals surface area contributed by atoms with Crippen molar-refractivity contribution in [2.24, 2.45) is 0 Å². The molecule has 0 radical (unpaired) electrons. The number of aromatic amines is 3. The fraction of sp³-hybridized carbons (Fsp3) is 0.214. The van der Waals surface area contributed by atoms with Crippen molar-refractivity contribution < 1.29 is 19.1 Å². The summed E-state index contributed by atoms with van der Waals surface area (Å²) in [6, 6.07) is 10.4. The number of aromatic nitrogens is 3. The Morgan fingerprint density at radius 2 is 1.86 bits per heavy atom. The average Bonchev–Trinajstić information content (AvgIpc) is 3.53. The summed E-state index contributed by atoms with van der Waals surface area (Å²) in [5.74, 6) is -1.47. The highest BCUT2D eigenvalue weighted by Gasteiger charge is 2.30. The second-order valence-corrected chi connectivity index (χ2v) is 9.50. The number of carboxylic acids is 1. The molecule has 4 N–H and O–H groups in total. The van der Waals surface area contributed by atoms with Crippen molar-refractivity contribution in [2.45, 2.75) is 39.0 Å². The van der Waals surface area contributed by atoms with Gasteiger partial charge in [-0.15, -0.1) is 0 Å². The SMILES string of the molecule is CC(C)c1c(-c2cc(F)cc3[nH]ccc23)[nH]c(C(=O)O)c1-c1cccc2[nH]c3c(c12)CCCC3=O. The number of fused-ring (bicyclic) bond motifs is 4. The van der Waals surface area contributed by atoms with Gasteiger partial charge in [-0.05, 0) is 59.7 Å². The lowest BCUT2D eigenvalue weighted by Crippen LogP contribution is -2.09. The molecule has 5 aromatic rings. The van der Waals surface area contributed by atoms with Crippen LogP contribution in [0, 0.1) is 5.82 Å². The molecule has 2 aromatic carbocycles. The van der Waals surface area contributed by atoms with E-state index in [0.717, 1.165) is 45.8 Å². The Kier molecular flexibility index (Phi) is 4.71. The van der Waals surface area contributed by atoms with Crippen LogP contribution >= 0.6 is 0 Å². The van der Waals surface area contributed by atoms with Crippen LogP contribution in [0.3, 0.4) is 0 Å². The average molecular weight is 470 g/mol. The Morgan fingerprint density at radius 1 is 1.03 bits per heavy atom. The summed E-state index contributed by atoms with van der Waals surface area (Å²) < 4.78 is 14.6. The number of hydrogen-bond acceptors (Lipinski definition) is 2. The molecular weight excluding hydrogens is 445 g/mol. The van der Waals surface area contributed by atoms with E-state index in [-0.39, 0.29) is 17.4 Å². The van der Waals surface area contributed by atoms with Crippen LogP contribution in [0.2, 0.25) is 0 Å². The van der Waals surface area contributed by atoms with E-state index in [2.05, 4.69) is 15.0 Å². The minimum atomic E-state index is -1.09. The lowest BCUT2D eigenvalue weighted by atomic mass is 9.86. The Balaban J connectivity index is 1.73. The van der Waals surface area contributed by atoms with E-state index in [1.165, 1.54) is 12.1 Å². The third kappa shape index (κ3) is 3.15. The third-order valence-electron chi connectivity index (χ3n) is 7.04. The number of rotatable bonds is 4. The summed E-state index contributed by atoms with van der Waals surface area (Å²) in [4.78, 5) is 34.6. The highest BCUT2D eigenvalue weighted by Crippen LogP contribution is 2.45. The highest BCUT2D eigenvalue weighted by atomic mass is 19.1. The molecule has 0 spiro atoms. The van der Waals surface area contributed by atoms with Gasteiger partial charge in [0.25, 0.3) is 0 Å². The van der Waals surface area contributed by atoms with Gasteiger partial charge in [0, 0.05) is 45.6 Å². The first-order valence-corrected chi connectivity index (χ1v) is 11.8. The smallest absolute Gasteiger partial charge is 0.352 e. The first-order valence-electron chi connectivity index (χ1n) is 11.8. The number of halogens is 1. The molecule has 0 bridgehead atoms. The van der Waals surface area contributed by atoms with E-state index in [0.29, 0.717) is 34.5 Å². The molecule has 0 aliphatic heterocycles. The summed E-state index contributed by atoms with van der Waals surface area (Å²) in [7, 11) is 0. The van der Waals surface area contributed by atoms with Gasteiger partial charge in [-0.25, -0.2) is 9.18 Å². The number of nitrogens with one attached hydrogen (secondary N) is 3. The number of benzene rings is 2. The lowest BCUT2D eigenvalue weighted by molar-refractivity contribution is 0.0692. The number of carboxylic acid groups (broad SMARTS) is 1. The van der Waals surface area contributed by atoms with Gasteiger partial charge in [0.05, 0.1) is 11.4 Å². The zero-order valence-electron chi connectivity index (χ0n) is 19.4. The number of carbonyl (C=O) groups is 2. The van der Waals surface area contributed by atoms with Crippen molar-refractivity contribution in [1.29, 1.82) is 0 Å². The topological polar surface area (TPSA) is 102 Å². The Hall–Kier alpha value is -4.13. The largest absolute Gasteiger partial charge is 0.477 e. The van der Waals surface area contributed by atoms with E-state index < -0.39 is 11.8 Å². The van der Waals surface area contributed by atoms with E-state index in [1.807, 2.05) is 38.1 Å². The quantitative estimate of drug-likeness (QED) is 0.233. The van der Waals surface area contributed by atoms with Crippen LogP contribution in [-0.2, 0) is 6.42 Å². The number of H-pyrrole nitrogens is 3. The normalized spacial score (nSPS) is 13.8. The van der Waals surface area contributed by atoms with Crippen LogP contribution in [0.25, 0.3) is 44.2 Å². The monoisotopic (exact) mass is 469 g/mol. The lowest BCUT2D eigenvalue weighted by Gasteiger charge is -2.15. The molecule has 0 amide bonds. The number of ketones is 1. The second-order valence-electron chi connectivity index (χ2n) is 9.50. The molecule has 6 rings (SSSR count). The first-order chi connectivity index (χ1) is 16.8. The molecule has 0 fully saturated rings. The molecule has 0 atom stereocenters. The fourth-order valence-electron chi connectivity index (χ4n) is 5.65. The third-order valence-corrected chi connectivity index (χ3v) is 7.04. The fourth-order valence-corrected chi connectivity index (χ4v) is 5.65. The molecule has 6 nitrogen and oxygen atoms in total. The molecule has 176 valence electrons. The summed E-state index contributed by atoms with van der Waals surface area (Å²) >= 11 is 0. The molecule has 1 aliphatic rings. The number of carbonyl (C=O) groups excluding carboxylic acids is 1. The van der Waals surface area contributed by atoms with Crippen molar-refractivity contribution in [1.82, 2.24) is 15.0 Å². The zero-order chi connectivity index (χ0) is 24.4. The molecule has 0 saturated carbocycles. The molecule has 7 heteroatoms. The van der Waals surface area contributed by atoms with Gasteiger partial charge >= 0.3 is 5.97 Å². The summed E-state index contributed by atoms with van der Waals surface area (Å²) in [6.45, 7) is 4.01. The molecular formula is C28H24FN3O3. The summed E-state index contributed by atoms with van der Waals surface area (Å²) in [5, 5.41) is 11.9. The maximum Gasteiger partial charge on any atom is 0.352 e. The minimum Gasteiger partial charge on any atom is -0.477 e.